The van der Waals surface area contributed by atoms with Gasteiger partial charge in [-0.3, -0.25) is 34.4 Å². The van der Waals surface area contributed by atoms with Gasteiger partial charge in [-0.25, -0.2) is 15.1 Å². The predicted molar refractivity (Wildman–Crippen MR) is 227 cm³/mol. The first-order valence-electron chi connectivity index (χ1n) is 22.3. The fourth-order valence-electron chi connectivity index (χ4n) is 7.74. The van der Waals surface area contributed by atoms with Gasteiger partial charge in [-0.1, -0.05) is 103 Å². The second-order valence-electron chi connectivity index (χ2n) is 16.5. The fourth-order valence-corrected chi connectivity index (χ4v) is 7.74. The Morgan fingerprint density at radius 1 is 0.983 bits per heavy atom. The summed E-state index contributed by atoms with van der Waals surface area (Å²) in [6, 6.07) is 4.49. The monoisotopic (exact) mass is 842 g/mol. The van der Waals surface area contributed by atoms with Crippen molar-refractivity contribution in [2.24, 2.45) is 16.8 Å². The number of phenolic OH excluding ortho intramolecular Hbond substituents is 1. The molecule has 2 aliphatic rings. The molecule has 60 heavy (non-hydrogen) atoms. The largest absolute Gasteiger partial charge is 0.507 e. The number of allylic oxidation sites excluding steroid dienone is 1. The Kier molecular flexibility index (Phi) is 22.2. The number of nitrogens with zero attached hydrogens (tertiary/aromatic N) is 3. The third kappa shape index (κ3) is 16.2. The number of aromatic hydroxyl groups is 1. The van der Waals surface area contributed by atoms with E-state index in [9.17, 15) is 39.5 Å². The summed E-state index contributed by atoms with van der Waals surface area (Å²) < 4.78 is 11.7. The molecule has 0 radical (unpaired) electrons. The van der Waals surface area contributed by atoms with Gasteiger partial charge in [-0.15, -0.1) is 0 Å². The molecule has 5 N–H and O–H groups in total. The number of aliphatic imine (C=N–C) groups is 1. The Morgan fingerprint density at radius 2 is 1.65 bits per heavy atom. The number of hydroxylamine groups is 4. The first-order chi connectivity index (χ1) is 28.8. The summed E-state index contributed by atoms with van der Waals surface area (Å²) >= 11 is 0. The molecule has 2 heterocycles. The highest BCUT2D eigenvalue weighted by Crippen LogP contribution is 2.37. The Labute approximate surface area is 356 Å². The van der Waals surface area contributed by atoms with Gasteiger partial charge in [0.05, 0.1) is 11.5 Å². The highest BCUT2D eigenvalue weighted by molar-refractivity contribution is 6.00. The van der Waals surface area contributed by atoms with Crippen molar-refractivity contribution in [2.75, 3.05) is 26.2 Å². The van der Waals surface area contributed by atoms with Crippen LogP contribution in [0.2, 0.25) is 0 Å². The van der Waals surface area contributed by atoms with Gasteiger partial charge in [0.1, 0.15) is 30.5 Å². The molecule has 0 aliphatic carbocycles. The number of rotatable bonds is 27. The molecule has 4 unspecified atom stereocenters. The molecule has 336 valence electrons. The lowest BCUT2D eigenvalue weighted by atomic mass is 9.75. The highest BCUT2D eigenvalue weighted by Gasteiger charge is 2.47. The second kappa shape index (κ2) is 26.7. The number of carbonyl (C=O) groups excluding carboxylic acids is 5. The van der Waals surface area contributed by atoms with Gasteiger partial charge >= 0.3 is 5.97 Å². The van der Waals surface area contributed by atoms with Crippen molar-refractivity contribution in [3.8, 4) is 5.75 Å². The second-order valence-corrected chi connectivity index (χ2v) is 16.5. The number of carbonyl (C=O) groups is 5. The van der Waals surface area contributed by atoms with Crippen molar-refractivity contribution in [3.05, 3.63) is 42.0 Å². The molecule has 15 nitrogen and oxygen atoms in total. The Balaban J connectivity index is 1.56. The number of hydrogen-bond donors (Lipinski definition) is 5. The lowest BCUT2D eigenvalue weighted by molar-refractivity contribution is -0.178. The number of hydrogen-bond acceptors (Lipinski definition) is 11. The predicted octanol–water partition coefficient (Wildman–Crippen LogP) is 6.76. The van der Waals surface area contributed by atoms with Crippen LogP contribution in [0.4, 0.5) is 0 Å². The third-order valence-corrected chi connectivity index (χ3v) is 11.6. The lowest BCUT2D eigenvalue weighted by Crippen LogP contribution is -2.56. The van der Waals surface area contributed by atoms with Crippen molar-refractivity contribution in [2.45, 2.75) is 161 Å². The SMILES string of the molecule is CCCCCCCCCCCCCC=CC(=O)N(O)CCCCC(OC(=O)CNC(=O)C1COC(c2ccccc2O)=N1)(C(C)C)C(C)C(=O)NC1CCCCN(O)C1=O. The minimum absolute atomic E-state index is 0.00993. The van der Waals surface area contributed by atoms with Crippen molar-refractivity contribution >= 4 is 35.5 Å². The number of phenols is 1. The van der Waals surface area contributed by atoms with Crippen LogP contribution in [0.1, 0.15) is 149 Å². The minimum Gasteiger partial charge on any atom is -0.507 e. The van der Waals surface area contributed by atoms with E-state index in [4.69, 9.17) is 9.47 Å². The summed E-state index contributed by atoms with van der Waals surface area (Å²) in [5.74, 6) is -4.48. The van der Waals surface area contributed by atoms with Gasteiger partial charge < -0.3 is 25.2 Å². The summed E-state index contributed by atoms with van der Waals surface area (Å²) in [4.78, 5) is 70.1. The van der Waals surface area contributed by atoms with E-state index in [0.29, 0.717) is 47.8 Å². The molecule has 1 aromatic carbocycles. The molecule has 15 heteroatoms. The van der Waals surface area contributed by atoms with Crippen LogP contribution >= 0.6 is 0 Å². The number of nitrogens with one attached hydrogen (secondary N) is 2. The van der Waals surface area contributed by atoms with Gasteiger partial charge in [-0.2, -0.15) is 0 Å². The van der Waals surface area contributed by atoms with E-state index in [2.05, 4.69) is 22.5 Å². The minimum atomic E-state index is -1.43. The van der Waals surface area contributed by atoms with E-state index in [-0.39, 0.29) is 37.8 Å². The van der Waals surface area contributed by atoms with Crippen molar-refractivity contribution in [1.29, 1.82) is 0 Å². The summed E-state index contributed by atoms with van der Waals surface area (Å²) in [5.41, 5.74) is -1.09. The standard InChI is InChI=1S/C45H71N5O10/c1-5-6-7-8-9-10-11-12-13-14-15-16-17-27-39(52)49(57)29-23-21-28-45(33(2)3,34(4)41(54)47-36-25-20-22-30-50(58)44(36)56)60-40(53)31-46-42(55)37-32-59-43(48-37)35-24-18-19-26-38(35)51/h17-19,24,26-27,33-34,36-37,51,57-58H,5-16,20-23,25,28-32H2,1-4H3,(H,46,55)(H,47,54). The maximum atomic E-state index is 13.8. The average molecular weight is 842 g/mol. The molecule has 1 saturated heterocycles. The molecule has 4 amide bonds. The van der Waals surface area contributed by atoms with E-state index in [0.717, 1.165) is 19.3 Å². The van der Waals surface area contributed by atoms with E-state index >= 15 is 0 Å². The zero-order valence-electron chi connectivity index (χ0n) is 36.4. The lowest BCUT2D eigenvalue weighted by Gasteiger charge is -2.42. The van der Waals surface area contributed by atoms with Crippen LogP contribution in [-0.4, -0.2) is 105 Å². The van der Waals surface area contributed by atoms with E-state index < -0.39 is 65.7 Å². The quantitative estimate of drug-likeness (QED) is 0.0207. The molecular formula is C45H71N5O10. The van der Waals surface area contributed by atoms with Crippen LogP contribution in [0.15, 0.2) is 41.4 Å². The van der Waals surface area contributed by atoms with Crippen LogP contribution in [-0.2, 0) is 33.4 Å². The first kappa shape index (κ1) is 49.9. The molecule has 3 rings (SSSR count). The van der Waals surface area contributed by atoms with Crippen LogP contribution in [0, 0.1) is 11.8 Å². The zero-order chi connectivity index (χ0) is 43.9. The molecular weight excluding hydrogens is 771 g/mol. The van der Waals surface area contributed by atoms with Gasteiger partial charge in [0.15, 0.2) is 6.04 Å². The summed E-state index contributed by atoms with van der Waals surface area (Å²) in [6.07, 6.45) is 19.9. The molecule has 0 bridgehead atoms. The van der Waals surface area contributed by atoms with E-state index in [1.165, 1.54) is 69.9 Å². The smallest absolute Gasteiger partial charge is 0.325 e. The van der Waals surface area contributed by atoms with Gasteiger partial charge in [0, 0.05) is 19.2 Å². The fraction of sp³-hybridized carbons (Fsp3) is 0.689. The van der Waals surface area contributed by atoms with E-state index in [1.54, 1.807) is 45.0 Å². The van der Waals surface area contributed by atoms with Crippen molar-refractivity contribution in [3.63, 3.8) is 0 Å². The summed E-state index contributed by atoms with van der Waals surface area (Å²) in [6.45, 7) is 6.97. The average Bonchev–Trinajstić information content (AvgIpc) is 3.67. The van der Waals surface area contributed by atoms with Crippen molar-refractivity contribution in [1.82, 2.24) is 20.8 Å². The Morgan fingerprint density at radius 3 is 2.32 bits per heavy atom. The molecule has 0 saturated carbocycles. The van der Waals surface area contributed by atoms with Crippen LogP contribution in [0.3, 0.4) is 0 Å². The molecule has 4 atom stereocenters. The zero-order valence-corrected chi connectivity index (χ0v) is 36.4. The highest BCUT2D eigenvalue weighted by atomic mass is 16.6. The van der Waals surface area contributed by atoms with Gasteiger partial charge in [0.25, 0.3) is 11.8 Å². The number of esters is 1. The van der Waals surface area contributed by atoms with E-state index in [1.807, 2.05) is 0 Å². The maximum absolute atomic E-state index is 13.8. The summed E-state index contributed by atoms with van der Waals surface area (Å²) in [7, 11) is 0. The number of amides is 4. The van der Waals surface area contributed by atoms with Crippen molar-refractivity contribution < 1.29 is 49.0 Å². The number of ether oxygens (including phenoxy) is 2. The van der Waals surface area contributed by atoms with Crippen LogP contribution in [0.5, 0.6) is 5.75 Å². The number of para-hydroxylation sites is 1. The molecule has 0 spiro atoms. The van der Waals surface area contributed by atoms with Gasteiger partial charge in [0.2, 0.25) is 17.7 Å². The Hall–Kier alpha value is -4.50. The number of unbranched alkanes of at least 4 members (excludes halogenated alkanes) is 12. The van der Waals surface area contributed by atoms with Gasteiger partial charge in [-0.05, 0) is 76.3 Å². The van der Waals surface area contributed by atoms with Crippen LogP contribution < -0.4 is 10.6 Å². The normalized spacial score (nSPS) is 18.4. The maximum Gasteiger partial charge on any atom is 0.325 e. The summed E-state index contributed by atoms with van der Waals surface area (Å²) in [5, 5.41) is 37.3. The molecule has 0 aromatic heterocycles. The first-order valence-corrected chi connectivity index (χ1v) is 22.3. The molecule has 1 aromatic rings. The molecule has 1 fully saturated rings. The third-order valence-electron chi connectivity index (χ3n) is 11.6. The van der Waals surface area contributed by atoms with Crippen LogP contribution in [0.25, 0.3) is 0 Å². The number of benzene rings is 1. The molecule has 2 aliphatic heterocycles. The Bertz CT molecular complexity index is 1580. The topological polar surface area (TPSA) is 207 Å².